The maximum atomic E-state index is 13.6. The smallest absolute Gasteiger partial charge is 0.166 e. The van der Waals surface area contributed by atoms with Gasteiger partial charge in [0.05, 0.1) is 10.6 Å². The molecule has 98 valence electrons. The van der Waals surface area contributed by atoms with Crippen LogP contribution in [0.3, 0.4) is 0 Å². The van der Waals surface area contributed by atoms with E-state index >= 15 is 0 Å². The average Bonchev–Trinajstić information content (AvgIpc) is 2.35. The Bertz CT molecular complexity index is 459. The van der Waals surface area contributed by atoms with Crippen molar-refractivity contribution in [3.63, 3.8) is 0 Å². The molecule has 1 fully saturated rings. The van der Waals surface area contributed by atoms with E-state index in [1.54, 1.807) is 0 Å². The van der Waals surface area contributed by atoms with Gasteiger partial charge < -0.3 is 0 Å². The van der Waals surface area contributed by atoms with E-state index in [9.17, 15) is 13.6 Å². The molecular formula is C13H13ClF2OS. The molecule has 0 unspecified atom stereocenters. The fraction of sp³-hybridized carbons (Fsp3) is 0.462. The van der Waals surface area contributed by atoms with Crippen LogP contribution in [0.2, 0.25) is 5.02 Å². The molecule has 0 bridgehead atoms. The van der Waals surface area contributed by atoms with Crippen LogP contribution in [0.4, 0.5) is 8.78 Å². The van der Waals surface area contributed by atoms with E-state index in [-0.39, 0.29) is 22.3 Å². The fourth-order valence-electron chi connectivity index (χ4n) is 2.06. The van der Waals surface area contributed by atoms with Crippen LogP contribution in [0.5, 0.6) is 0 Å². The molecule has 5 heteroatoms. The highest BCUT2D eigenvalue weighted by Gasteiger charge is 2.21. The number of hydrogen-bond acceptors (Lipinski definition) is 2. The molecule has 0 atom stereocenters. The van der Waals surface area contributed by atoms with Gasteiger partial charge in [0.25, 0.3) is 0 Å². The van der Waals surface area contributed by atoms with E-state index in [1.807, 2.05) is 11.8 Å². The Balaban J connectivity index is 2.10. The van der Waals surface area contributed by atoms with Gasteiger partial charge in [0.2, 0.25) is 0 Å². The molecule has 1 aliphatic heterocycles. The molecule has 0 radical (unpaired) electrons. The van der Waals surface area contributed by atoms with E-state index in [0.29, 0.717) is 6.42 Å². The van der Waals surface area contributed by atoms with Crippen LogP contribution in [-0.2, 0) is 0 Å². The van der Waals surface area contributed by atoms with Gasteiger partial charge in [0.15, 0.2) is 5.78 Å². The predicted molar refractivity (Wildman–Crippen MR) is 70.4 cm³/mol. The zero-order valence-corrected chi connectivity index (χ0v) is 11.3. The van der Waals surface area contributed by atoms with Gasteiger partial charge in [0.1, 0.15) is 11.6 Å². The third-order valence-electron chi connectivity index (χ3n) is 3.13. The number of carbonyl (C=O) groups is 1. The topological polar surface area (TPSA) is 17.1 Å². The number of carbonyl (C=O) groups excluding carboxylic acids is 1. The number of hydrogen-bond donors (Lipinski definition) is 0. The highest BCUT2D eigenvalue weighted by molar-refractivity contribution is 7.99. The van der Waals surface area contributed by atoms with E-state index in [4.69, 9.17) is 11.6 Å². The summed E-state index contributed by atoms with van der Waals surface area (Å²) in [7, 11) is 0. The molecule has 1 heterocycles. The van der Waals surface area contributed by atoms with Crippen molar-refractivity contribution < 1.29 is 13.6 Å². The summed E-state index contributed by atoms with van der Waals surface area (Å²) >= 11 is 7.32. The van der Waals surface area contributed by atoms with Gasteiger partial charge in [-0.1, -0.05) is 11.6 Å². The monoisotopic (exact) mass is 290 g/mol. The van der Waals surface area contributed by atoms with Gasteiger partial charge in [-0.25, -0.2) is 8.78 Å². The summed E-state index contributed by atoms with van der Waals surface area (Å²) in [4.78, 5) is 11.9. The quantitative estimate of drug-likeness (QED) is 0.609. The van der Waals surface area contributed by atoms with Gasteiger partial charge in [0, 0.05) is 6.42 Å². The Hall–Kier alpha value is -0.610. The molecule has 18 heavy (non-hydrogen) atoms. The molecule has 0 aromatic heterocycles. The molecule has 0 amide bonds. The number of halogens is 3. The highest BCUT2D eigenvalue weighted by atomic mass is 35.5. The lowest BCUT2D eigenvalue weighted by atomic mass is 9.93. The zero-order chi connectivity index (χ0) is 13.1. The number of thioether (sulfide) groups is 1. The number of rotatable bonds is 3. The first-order valence-electron chi connectivity index (χ1n) is 5.83. The van der Waals surface area contributed by atoms with E-state index in [2.05, 4.69) is 0 Å². The Morgan fingerprint density at radius 2 is 1.94 bits per heavy atom. The number of ketones is 1. The van der Waals surface area contributed by atoms with E-state index in [0.717, 1.165) is 36.5 Å². The summed E-state index contributed by atoms with van der Waals surface area (Å²) in [6.07, 6.45) is 2.22. The third-order valence-corrected chi connectivity index (χ3v) is 4.46. The molecule has 0 N–H and O–H groups in total. The molecule has 2 rings (SSSR count). The molecule has 1 aliphatic rings. The van der Waals surface area contributed by atoms with Crippen molar-refractivity contribution >= 4 is 29.1 Å². The van der Waals surface area contributed by atoms with Gasteiger partial charge in [-0.05, 0) is 42.4 Å². The van der Waals surface area contributed by atoms with Gasteiger partial charge in [-0.3, -0.25) is 4.79 Å². The van der Waals surface area contributed by atoms with Gasteiger partial charge >= 0.3 is 0 Å². The Kier molecular flexibility index (Phi) is 4.62. The molecule has 1 aromatic carbocycles. The normalized spacial score (nSPS) is 16.8. The van der Waals surface area contributed by atoms with Crippen molar-refractivity contribution in [1.29, 1.82) is 0 Å². The molecule has 0 saturated carbocycles. The summed E-state index contributed by atoms with van der Waals surface area (Å²) in [5, 5.41) is -0.293. The molecule has 0 spiro atoms. The fourth-order valence-corrected chi connectivity index (χ4v) is 3.41. The highest BCUT2D eigenvalue weighted by Crippen LogP contribution is 2.28. The SMILES string of the molecule is O=C(CC1CCSCC1)c1cc(F)c(Cl)cc1F. The van der Waals surface area contributed by atoms with Crippen LogP contribution < -0.4 is 0 Å². The van der Waals surface area contributed by atoms with Crippen molar-refractivity contribution in [1.82, 2.24) is 0 Å². The Labute approximate surface area is 114 Å². The number of Topliss-reactive ketones (excluding diaryl/α,β-unsaturated/α-hetero) is 1. The number of benzene rings is 1. The van der Waals surface area contributed by atoms with Crippen molar-refractivity contribution in [3.05, 3.63) is 34.4 Å². The standard InChI is InChI=1S/C13H13ClF2OS/c14-10-7-11(15)9(6-12(10)16)13(17)5-8-1-3-18-4-2-8/h6-8H,1-5H2. The largest absolute Gasteiger partial charge is 0.294 e. The first-order valence-corrected chi connectivity index (χ1v) is 7.36. The van der Waals surface area contributed by atoms with Crippen LogP contribution >= 0.6 is 23.4 Å². The average molecular weight is 291 g/mol. The molecule has 0 aliphatic carbocycles. The molecular weight excluding hydrogens is 278 g/mol. The zero-order valence-electron chi connectivity index (χ0n) is 9.72. The maximum Gasteiger partial charge on any atom is 0.166 e. The van der Waals surface area contributed by atoms with Crippen LogP contribution in [0.15, 0.2) is 12.1 Å². The summed E-state index contributed by atoms with van der Waals surface area (Å²) in [5.41, 5.74) is -0.185. The van der Waals surface area contributed by atoms with Crippen LogP contribution in [-0.4, -0.2) is 17.3 Å². The summed E-state index contributed by atoms with van der Waals surface area (Å²) in [5.74, 6) is 0.541. The first kappa shape index (κ1) is 13.8. The molecule has 1 saturated heterocycles. The second-order valence-electron chi connectivity index (χ2n) is 4.43. The van der Waals surface area contributed by atoms with Crippen molar-refractivity contribution in [2.24, 2.45) is 5.92 Å². The minimum absolute atomic E-state index is 0.185. The molecule has 1 nitrogen and oxygen atoms in total. The van der Waals surface area contributed by atoms with Crippen LogP contribution in [0, 0.1) is 17.6 Å². The second-order valence-corrected chi connectivity index (χ2v) is 6.06. The maximum absolute atomic E-state index is 13.6. The van der Waals surface area contributed by atoms with Crippen LogP contribution in [0.1, 0.15) is 29.6 Å². The second kappa shape index (κ2) is 6.02. The van der Waals surface area contributed by atoms with Gasteiger partial charge in [-0.2, -0.15) is 11.8 Å². The van der Waals surface area contributed by atoms with Crippen molar-refractivity contribution in [3.8, 4) is 0 Å². The predicted octanol–water partition coefficient (Wildman–Crippen LogP) is 4.33. The van der Waals surface area contributed by atoms with Crippen molar-refractivity contribution in [2.45, 2.75) is 19.3 Å². The molecule has 1 aromatic rings. The summed E-state index contributed by atoms with van der Waals surface area (Å²) < 4.78 is 26.8. The third kappa shape index (κ3) is 3.23. The van der Waals surface area contributed by atoms with E-state index in [1.165, 1.54) is 0 Å². The van der Waals surface area contributed by atoms with Gasteiger partial charge in [-0.15, -0.1) is 0 Å². The van der Waals surface area contributed by atoms with E-state index < -0.39 is 11.6 Å². The minimum Gasteiger partial charge on any atom is -0.294 e. The minimum atomic E-state index is -0.749. The van der Waals surface area contributed by atoms with Crippen molar-refractivity contribution in [2.75, 3.05) is 11.5 Å². The first-order chi connectivity index (χ1) is 8.58. The Morgan fingerprint density at radius 3 is 2.61 bits per heavy atom. The summed E-state index contributed by atoms with van der Waals surface area (Å²) in [6.45, 7) is 0. The summed E-state index contributed by atoms with van der Waals surface area (Å²) in [6, 6.07) is 1.76. The Morgan fingerprint density at radius 1 is 1.28 bits per heavy atom. The van der Waals surface area contributed by atoms with Crippen LogP contribution in [0.25, 0.3) is 0 Å². The lowest BCUT2D eigenvalue weighted by molar-refractivity contribution is 0.0954. The lowest BCUT2D eigenvalue weighted by Gasteiger charge is -2.20. The lowest BCUT2D eigenvalue weighted by Crippen LogP contribution is -2.15.